The number of carbonyl (C=O) groups excluding carboxylic acids is 2. The molecular weight excluding hydrogens is 264 g/mol. The largest absolute Gasteiger partial charge is 0.383 e. The number of hydrogen-bond acceptors (Lipinski definition) is 4. The van der Waals surface area contributed by atoms with Crippen LogP contribution in [0.4, 0.5) is 0 Å². The minimum absolute atomic E-state index is 0.0568. The highest BCUT2D eigenvalue weighted by Crippen LogP contribution is 2.13. The molecule has 0 heterocycles. The fourth-order valence-corrected chi connectivity index (χ4v) is 1.67. The molecule has 19 heavy (non-hydrogen) atoms. The van der Waals surface area contributed by atoms with Crippen molar-refractivity contribution in [3.8, 4) is 0 Å². The summed E-state index contributed by atoms with van der Waals surface area (Å²) in [5.41, 5.74) is 1.37. The second-order valence-electron chi connectivity index (χ2n) is 4.02. The Bertz CT molecular complexity index is 463. The zero-order chi connectivity index (χ0) is 14.3. The van der Waals surface area contributed by atoms with Crippen LogP contribution in [-0.4, -0.2) is 38.6 Å². The van der Waals surface area contributed by atoms with E-state index in [1.54, 1.807) is 13.2 Å². The van der Waals surface area contributed by atoms with Crippen LogP contribution < -0.4 is 10.6 Å². The highest BCUT2D eigenvalue weighted by atomic mass is 32.1. The van der Waals surface area contributed by atoms with E-state index < -0.39 is 0 Å². The lowest BCUT2D eigenvalue weighted by molar-refractivity contribution is -0.120. The first-order valence-corrected chi connectivity index (χ1v) is 6.32. The SMILES string of the molecule is COCCNC(=O)CNC(=O)c1cc(S)ccc1C. The molecule has 0 aliphatic carbocycles. The van der Waals surface area contributed by atoms with E-state index in [1.165, 1.54) is 0 Å². The lowest BCUT2D eigenvalue weighted by Crippen LogP contribution is -2.38. The maximum Gasteiger partial charge on any atom is 0.252 e. The Labute approximate surface area is 118 Å². The molecular formula is C13H18N2O3S. The van der Waals surface area contributed by atoms with Gasteiger partial charge < -0.3 is 15.4 Å². The molecule has 0 saturated carbocycles. The normalized spacial score (nSPS) is 10.1. The fourth-order valence-electron chi connectivity index (χ4n) is 1.47. The number of hydrogen-bond donors (Lipinski definition) is 3. The first-order chi connectivity index (χ1) is 9.04. The Morgan fingerprint density at radius 1 is 1.32 bits per heavy atom. The third-order valence-electron chi connectivity index (χ3n) is 2.50. The topological polar surface area (TPSA) is 67.4 Å². The molecule has 0 bridgehead atoms. The van der Waals surface area contributed by atoms with Gasteiger partial charge in [0.25, 0.3) is 5.91 Å². The third-order valence-corrected chi connectivity index (χ3v) is 2.78. The van der Waals surface area contributed by atoms with E-state index in [0.717, 1.165) is 5.56 Å². The lowest BCUT2D eigenvalue weighted by atomic mass is 10.1. The minimum Gasteiger partial charge on any atom is -0.383 e. The van der Waals surface area contributed by atoms with Gasteiger partial charge in [0.2, 0.25) is 5.91 Å². The van der Waals surface area contributed by atoms with Crippen LogP contribution in [0.1, 0.15) is 15.9 Å². The summed E-state index contributed by atoms with van der Waals surface area (Å²) in [6.07, 6.45) is 0. The van der Waals surface area contributed by atoms with Gasteiger partial charge in [0.05, 0.1) is 13.2 Å². The average molecular weight is 282 g/mol. The molecule has 1 rings (SSSR count). The summed E-state index contributed by atoms with van der Waals surface area (Å²) in [4.78, 5) is 24.0. The molecule has 0 saturated heterocycles. The number of aryl methyl sites for hydroxylation is 1. The van der Waals surface area contributed by atoms with Gasteiger partial charge in [-0.05, 0) is 24.6 Å². The third kappa shape index (κ3) is 5.32. The van der Waals surface area contributed by atoms with Crippen molar-refractivity contribution in [2.45, 2.75) is 11.8 Å². The summed E-state index contributed by atoms with van der Waals surface area (Å²) in [5.74, 6) is -0.527. The van der Waals surface area contributed by atoms with Gasteiger partial charge in [-0.2, -0.15) is 0 Å². The van der Waals surface area contributed by atoms with Crippen LogP contribution in [0.5, 0.6) is 0 Å². The van der Waals surface area contributed by atoms with Crippen molar-refractivity contribution in [3.05, 3.63) is 29.3 Å². The quantitative estimate of drug-likeness (QED) is 0.533. The summed E-state index contributed by atoms with van der Waals surface area (Å²) in [6.45, 7) is 2.65. The van der Waals surface area contributed by atoms with Gasteiger partial charge >= 0.3 is 0 Å². The Morgan fingerprint density at radius 3 is 2.74 bits per heavy atom. The Morgan fingerprint density at radius 2 is 2.05 bits per heavy atom. The van der Waals surface area contributed by atoms with Crippen LogP contribution in [0.3, 0.4) is 0 Å². The van der Waals surface area contributed by atoms with Crippen LogP contribution in [0.2, 0.25) is 0 Å². The highest BCUT2D eigenvalue weighted by Gasteiger charge is 2.10. The first-order valence-electron chi connectivity index (χ1n) is 5.88. The number of amides is 2. The lowest BCUT2D eigenvalue weighted by Gasteiger charge is -2.08. The van der Waals surface area contributed by atoms with Crippen molar-refractivity contribution in [1.29, 1.82) is 0 Å². The number of carbonyl (C=O) groups is 2. The van der Waals surface area contributed by atoms with Crippen molar-refractivity contribution in [2.24, 2.45) is 0 Å². The van der Waals surface area contributed by atoms with E-state index in [9.17, 15) is 9.59 Å². The molecule has 0 aliphatic heterocycles. The molecule has 0 aromatic heterocycles. The molecule has 1 aromatic rings. The fraction of sp³-hybridized carbons (Fsp3) is 0.385. The van der Waals surface area contributed by atoms with E-state index in [2.05, 4.69) is 23.3 Å². The Kier molecular flexibility index (Phi) is 6.38. The first kappa shape index (κ1) is 15.5. The minimum atomic E-state index is -0.282. The van der Waals surface area contributed by atoms with Crippen LogP contribution in [0.25, 0.3) is 0 Å². The molecule has 6 heteroatoms. The summed E-state index contributed by atoms with van der Waals surface area (Å²) >= 11 is 4.19. The van der Waals surface area contributed by atoms with E-state index in [0.29, 0.717) is 23.6 Å². The van der Waals surface area contributed by atoms with Crippen molar-refractivity contribution < 1.29 is 14.3 Å². The van der Waals surface area contributed by atoms with Gasteiger partial charge in [-0.1, -0.05) is 6.07 Å². The van der Waals surface area contributed by atoms with Gasteiger partial charge in [-0.3, -0.25) is 9.59 Å². The monoisotopic (exact) mass is 282 g/mol. The van der Waals surface area contributed by atoms with E-state index in [-0.39, 0.29) is 18.4 Å². The zero-order valence-electron chi connectivity index (χ0n) is 11.0. The van der Waals surface area contributed by atoms with Crippen molar-refractivity contribution in [2.75, 3.05) is 26.8 Å². The number of ether oxygens (including phenoxy) is 1. The van der Waals surface area contributed by atoms with Crippen LogP contribution in [0.15, 0.2) is 23.1 Å². The smallest absolute Gasteiger partial charge is 0.252 e. The molecule has 0 aliphatic rings. The predicted molar refractivity (Wildman–Crippen MR) is 75.6 cm³/mol. The zero-order valence-corrected chi connectivity index (χ0v) is 11.9. The van der Waals surface area contributed by atoms with Crippen LogP contribution >= 0.6 is 12.6 Å². The number of thiol groups is 1. The van der Waals surface area contributed by atoms with Crippen LogP contribution in [0, 0.1) is 6.92 Å². The van der Waals surface area contributed by atoms with E-state index in [1.807, 2.05) is 19.1 Å². The van der Waals surface area contributed by atoms with E-state index >= 15 is 0 Å². The summed E-state index contributed by atoms with van der Waals surface area (Å²) in [7, 11) is 1.56. The molecule has 1 aromatic carbocycles. The molecule has 104 valence electrons. The van der Waals surface area contributed by atoms with Gasteiger partial charge in [-0.15, -0.1) is 12.6 Å². The average Bonchev–Trinajstić information content (AvgIpc) is 2.39. The number of rotatable bonds is 6. The molecule has 0 radical (unpaired) electrons. The van der Waals surface area contributed by atoms with E-state index in [4.69, 9.17) is 4.74 Å². The molecule has 2 amide bonds. The second kappa shape index (κ2) is 7.81. The Hall–Kier alpha value is -1.53. The summed E-state index contributed by atoms with van der Waals surface area (Å²) in [5, 5.41) is 5.19. The van der Waals surface area contributed by atoms with Gasteiger partial charge in [0, 0.05) is 24.1 Å². The number of methoxy groups -OCH3 is 1. The van der Waals surface area contributed by atoms with Crippen molar-refractivity contribution in [3.63, 3.8) is 0 Å². The molecule has 0 atom stereocenters. The van der Waals surface area contributed by atoms with Crippen molar-refractivity contribution in [1.82, 2.24) is 10.6 Å². The Balaban J connectivity index is 2.47. The molecule has 5 nitrogen and oxygen atoms in total. The maximum atomic E-state index is 11.9. The van der Waals surface area contributed by atoms with Gasteiger partial charge in [-0.25, -0.2) is 0 Å². The summed E-state index contributed by atoms with van der Waals surface area (Å²) in [6, 6.07) is 5.30. The summed E-state index contributed by atoms with van der Waals surface area (Å²) < 4.78 is 4.81. The molecule has 0 spiro atoms. The standard InChI is InChI=1S/C13H18N2O3S/c1-9-3-4-10(19)7-11(9)13(17)15-8-12(16)14-5-6-18-2/h3-4,7,19H,5-6,8H2,1-2H3,(H,14,16)(H,15,17). The van der Waals surface area contributed by atoms with Crippen molar-refractivity contribution >= 4 is 24.4 Å². The number of nitrogens with one attached hydrogen (secondary N) is 2. The van der Waals surface area contributed by atoms with Gasteiger partial charge in [0.15, 0.2) is 0 Å². The second-order valence-corrected chi connectivity index (χ2v) is 4.54. The number of benzene rings is 1. The molecule has 0 fully saturated rings. The maximum absolute atomic E-state index is 11.9. The van der Waals surface area contributed by atoms with Crippen LogP contribution in [-0.2, 0) is 9.53 Å². The molecule has 2 N–H and O–H groups in total. The van der Waals surface area contributed by atoms with Gasteiger partial charge in [0.1, 0.15) is 0 Å². The highest BCUT2D eigenvalue weighted by molar-refractivity contribution is 7.80. The predicted octanol–water partition coefficient (Wildman–Crippen LogP) is 0.776. The molecule has 0 unspecified atom stereocenters.